The summed E-state index contributed by atoms with van der Waals surface area (Å²) in [4.78, 5) is 2.35. The first-order valence-corrected chi connectivity index (χ1v) is 4.60. The van der Waals surface area contributed by atoms with Crippen LogP contribution in [0.2, 0.25) is 0 Å². The van der Waals surface area contributed by atoms with Crippen molar-refractivity contribution in [3.63, 3.8) is 0 Å². The molecule has 3 heteroatoms. The molecule has 0 aromatic carbocycles. The van der Waals surface area contributed by atoms with E-state index in [1.165, 1.54) is 0 Å². The Hall–Kier alpha value is -0.590. The van der Waals surface area contributed by atoms with Crippen LogP contribution < -0.4 is 0 Å². The summed E-state index contributed by atoms with van der Waals surface area (Å²) in [6.07, 6.45) is 2.78. The van der Waals surface area contributed by atoms with Crippen LogP contribution in [-0.2, 0) is 0 Å². The molecule has 0 aromatic heterocycles. The molecule has 3 atom stereocenters. The summed E-state index contributed by atoms with van der Waals surface area (Å²) in [6, 6.07) is 2.06. The van der Waals surface area contributed by atoms with E-state index < -0.39 is 5.60 Å². The zero-order valence-electron chi connectivity index (χ0n) is 7.16. The van der Waals surface area contributed by atoms with Crippen molar-refractivity contribution in [1.29, 1.82) is 5.26 Å². The lowest BCUT2D eigenvalue weighted by atomic mass is 9.77. The minimum Gasteiger partial charge on any atom is -0.375 e. The molecule has 2 heterocycles. The van der Waals surface area contributed by atoms with Gasteiger partial charge in [0, 0.05) is 25.4 Å². The van der Waals surface area contributed by atoms with E-state index in [4.69, 9.17) is 5.26 Å². The molecule has 2 aliphatic rings. The summed E-state index contributed by atoms with van der Waals surface area (Å²) in [5.41, 5.74) is -1.02. The summed E-state index contributed by atoms with van der Waals surface area (Å²) < 4.78 is 0. The first kappa shape index (κ1) is 8.03. The Morgan fingerprint density at radius 1 is 1.50 bits per heavy atom. The van der Waals surface area contributed by atoms with Crippen molar-refractivity contribution in [2.24, 2.45) is 5.92 Å². The van der Waals surface area contributed by atoms with E-state index in [1.807, 2.05) is 0 Å². The molecule has 3 unspecified atom stereocenters. The highest BCUT2D eigenvalue weighted by molar-refractivity contribution is 5.08. The number of hydrogen-bond donors (Lipinski definition) is 1. The third-order valence-electron chi connectivity index (χ3n) is 3.18. The first-order chi connectivity index (χ1) is 5.74. The van der Waals surface area contributed by atoms with Gasteiger partial charge in [0.25, 0.3) is 0 Å². The van der Waals surface area contributed by atoms with E-state index in [9.17, 15) is 5.11 Å². The van der Waals surface area contributed by atoms with Crippen molar-refractivity contribution in [2.75, 3.05) is 19.6 Å². The van der Waals surface area contributed by atoms with E-state index in [-0.39, 0.29) is 5.92 Å². The van der Waals surface area contributed by atoms with Crippen LogP contribution in [0.25, 0.3) is 0 Å². The van der Waals surface area contributed by atoms with Crippen LogP contribution in [0.15, 0.2) is 0 Å². The van der Waals surface area contributed by atoms with E-state index in [0.29, 0.717) is 6.42 Å². The van der Waals surface area contributed by atoms with Gasteiger partial charge in [0.2, 0.25) is 0 Å². The van der Waals surface area contributed by atoms with Crippen LogP contribution in [0, 0.1) is 17.2 Å². The van der Waals surface area contributed by atoms with Crippen LogP contribution in [0.4, 0.5) is 0 Å². The van der Waals surface area contributed by atoms with Crippen molar-refractivity contribution in [2.45, 2.75) is 24.9 Å². The van der Waals surface area contributed by atoms with E-state index in [1.54, 1.807) is 0 Å². The minimum absolute atomic E-state index is 0.199. The molecule has 2 bridgehead atoms. The molecule has 0 spiro atoms. The summed E-state index contributed by atoms with van der Waals surface area (Å²) in [5.74, 6) is 0.199. The molecule has 3 nitrogen and oxygen atoms in total. The van der Waals surface area contributed by atoms with Crippen molar-refractivity contribution < 1.29 is 5.11 Å². The first-order valence-electron chi connectivity index (χ1n) is 4.60. The second-order valence-corrected chi connectivity index (χ2v) is 3.93. The fraction of sp³-hybridized carbons (Fsp3) is 0.889. The molecular weight excluding hydrogens is 152 g/mol. The van der Waals surface area contributed by atoms with Gasteiger partial charge < -0.3 is 10.0 Å². The third kappa shape index (κ3) is 1.12. The molecule has 0 aliphatic carbocycles. The Bertz CT molecular complexity index is 223. The molecule has 0 radical (unpaired) electrons. The maximum atomic E-state index is 9.90. The SMILES string of the molecule is N#CC1(O)CCN2CCCC1C2. The van der Waals surface area contributed by atoms with Crippen LogP contribution in [0.3, 0.4) is 0 Å². The van der Waals surface area contributed by atoms with Crippen LogP contribution >= 0.6 is 0 Å². The van der Waals surface area contributed by atoms with Gasteiger partial charge in [0.05, 0.1) is 6.07 Å². The Morgan fingerprint density at radius 3 is 3.08 bits per heavy atom. The van der Waals surface area contributed by atoms with Crippen molar-refractivity contribution >= 4 is 0 Å². The van der Waals surface area contributed by atoms with E-state index in [0.717, 1.165) is 32.5 Å². The zero-order chi connectivity index (χ0) is 8.60. The third-order valence-corrected chi connectivity index (χ3v) is 3.18. The van der Waals surface area contributed by atoms with Crippen molar-refractivity contribution in [3.8, 4) is 6.07 Å². The van der Waals surface area contributed by atoms with Gasteiger partial charge in [0.15, 0.2) is 5.60 Å². The number of nitriles is 1. The van der Waals surface area contributed by atoms with Gasteiger partial charge in [0.1, 0.15) is 0 Å². The molecule has 0 aromatic rings. The number of hydrogen-bond acceptors (Lipinski definition) is 3. The standard InChI is InChI=1S/C9H14N2O/c10-7-9(12)3-5-11-4-1-2-8(9)6-11/h8,12H,1-6H2. The number of piperidine rings is 2. The summed E-state index contributed by atoms with van der Waals surface area (Å²) in [6.45, 7) is 2.96. The van der Waals surface area contributed by atoms with Gasteiger partial charge in [-0.3, -0.25) is 0 Å². The van der Waals surface area contributed by atoms with Gasteiger partial charge in [-0.15, -0.1) is 0 Å². The predicted octanol–water partition coefficient (Wildman–Crippen LogP) is 0.357. The molecule has 2 rings (SSSR count). The predicted molar refractivity (Wildman–Crippen MR) is 44.3 cm³/mol. The van der Waals surface area contributed by atoms with Crippen LogP contribution in [0.1, 0.15) is 19.3 Å². The number of rotatable bonds is 0. The zero-order valence-corrected chi connectivity index (χ0v) is 7.16. The molecule has 0 saturated carbocycles. The second-order valence-electron chi connectivity index (χ2n) is 3.93. The average molecular weight is 166 g/mol. The molecule has 12 heavy (non-hydrogen) atoms. The van der Waals surface area contributed by atoms with Gasteiger partial charge in [-0.05, 0) is 19.4 Å². The summed E-state index contributed by atoms with van der Waals surface area (Å²) in [7, 11) is 0. The molecule has 2 saturated heterocycles. The van der Waals surface area contributed by atoms with Crippen molar-refractivity contribution in [3.05, 3.63) is 0 Å². The topological polar surface area (TPSA) is 47.3 Å². The highest BCUT2D eigenvalue weighted by Gasteiger charge is 2.43. The lowest BCUT2D eigenvalue weighted by Crippen LogP contribution is -2.53. The normalized spacial score (nSPS) is 46.7. The highest BCUT2D eigenvalue weighted by atomic mass is 16.3. The Morgan fingerprint density at radius 2 is 2.33 bits per heavy atom. The smallest absolute Gasteiger partial charge is 0.156 e. The molecule has 2 aliphatic heterocycles. The highest BCUT2D eigenvalue weighted by Crippen LogP contribution is 2.33. The monoisotopic (exact) mass is 166 g/mol. The minimum atomic E-state index is -1.02. The maximum Gasteiger partial charge on any atom is 0.156 e. The van der Waals surface area contributed by atoms with Crippen LogP contribution in [-0.4, -0.2) is 35.2 Å². The Kier molecular flexibility index (Phi) is 1.82. The Labute approximate surface area is 72.6 Å². The fourth-order valence-electron chi connectivity index (χ4n) is 2.33. The Balaban J connectivity index is 2.15. The second kappa shape index (κ2) is 2.72. The van der Waals surface area contributed by atoms with E-state index in [2.05, 4.69) is 11.0 Å². The molecular formula is C9H14N2O. The van der Waals surface area contributed by atoms with Crippen molar-refractivity contribution in [1.82, 2.24) is 4.90 Å². The average Bonchev–Trinajstić information content (AvgIpc) is 2.13. The van der Waals surface area contributed by atoms with Crippen LogP contribution in [0.5, 0.6) is 0 Å². The molecule has 66 valence electrons. The van der Waals surface area contributed by atoms with Gasteiger partial charge in [-0.1, -0.05) is 0 Å². The van der Waals surface area contributed by atoms with Gasteiger partial charge in [-0.25, -0.2) is 0 Å². The quantitative estimate of drug-likeness (QED) is 0.528. The lowest BCUT2D eigenvalue weighted by molar-refractivity contribution is -0.0500. The fourth-order valence-corrected chi connectivity index (χ4v) is 2.33. The molecule has 0 amide bonds. The lowest BCUT2D eigenvalue weighted by Gasteiger charge is -2.44. The molecule has 2 fully saturated rings. The summed E-state index contributed by atoms with van der Waals surface area (Å²) in [5, 5.41) is 18.7. The number of aliphatic hydroxyl groups is 1. The van der Waals surface area contributed by atoms with Gasteiger partial charge in [-0.2, -0.15) is 5.26 Å². The molecule has 1 N–H and O–H groups in total. The largest absolute Gasteiger partial charge is 0.375 e. The summed E-state index contributed by atoms with van der Waals surface area (Å²) >= 11 is 0. The van der Waals surface area contributed by atoms with Gasteiger partial charge >= 0.3 is 0 Å². The number of nitrogens with zero attached hydrogens (tertiary/aromatic N) is 2. The number of fused-ring (bicyclic) bond motifs is 2. The maximum absolute atomic E-state index is 9.90. The van der Waals surface area contributed by atoms with E-state index >= 15 is 0 Å².